The molecule has 25 heavy (non-hydrogen) atoms. The van der Waals surface area contributed by atoms with E-state index in [0.717, 1.165) is 24.2 Å². The Bertz CT molecular complexity index is 810. The third-order valence-electron chi connectivity index (χ3n) is 4.17. The normalized spacial score (nSPS) is 14.7. The average Bonchev–Trinajstić information content (AvgIpc) is 3.06. The van der Waals surface area contributed by atoms with E-state index in [9.17, 15) is 9.59 Å². The Kier molecular flexibility index (Phi) is 4.79. The Balaban J connectivity index is 1.66. The van der Waals surface area contributed by atoms with Crippen LogP contribution in [0.5, 0.6) is 0 Å². The van der Waals surface area contributed by atoms with E-state index in [4.69, 9.17) is 5.73 Å². The smallest absolute Gasteiger partial charge is 0.271 e. The van der Waals surface area contributed by atoms with Gasteiger partial charge in [-0.3, -0.25) is 9.59 Å². The number of nitrogens with zero attached hydrogens (tertiary/aromatic N) is 2. The molecule has 1 fully saturated rings. The topological polar surface area (TPSA) is 87.8 Å². The number of carbonyl (C=O) groups excluding carboxylic acids is 2. The van der Waals surface area contributed by atoms with Gasteiger partial charge < -0.3 is 10.6 Å². The van der Waals surface area contributed by atoms with Crippen LogP contribution in [0.4, 0.5) is 11.4 Å². The molecule has 0 unspecified atom stereocenters. The molecule has 0 bridgehead atoms. The van der Waals surface area contributed by atoms with Crippen molar-refractivity contribution in [3.63, 3.8) is 0 Å². The van der Waals surface area contributed by atoms with Gasteiger partial charge in [-0.2, -0.15) is 5.10 Å². The zero-order valence-corrected chi connectivity index (χ0v) is 14.0. The maximum atomic E-state index is 12.1. The van der Waals surface area contributed by atoms with Gasteiger partial charge >= 0.3 is 0 Å². The zero-order chi connectivity index (χ0) is 17.8. The fraction of sp³-hybridized carbons (Fsp3) is 0.211. The van der Waals surface area contributed by atoms with Crippen molar-refractivity contribution in [2.45, 2.75) is 19.8 Å². The fourth-order valence-electron chi connectivity index (χ4n) is 2.70. The van der Waals surface area contributed by atoms with E-state index in [-0.39, 0.29) is 11.8 Å². The number of nitrogen functional groups attached to an aromatic ring is 1. The molecule has 0 atom stereocenters. The number of nitrogens with two attached hydrogens (primary N) is 1. The predicted octanol–water partition coefficient (Wildman–Crippen LogP) is 2.55. The molecule has 3 rings (SSSR count). The maximum absolute atomic E-state index is 12.1. The first-order valence-corrected chi connectivity index (χ1v) is 8.15. The molecule has 1 saturated heterocycles. The largest absolute Gasteiger partial charge is 0.399 e. The summed E-state index contributed by atoms with van der Waals surface area (Å²) in [5, 5.41) is 4.14. The standard InChI is InChI=1S/C19H20N4O2/c1-13(21-22-19(25)15-4-8-16(20)9-5-15)14-6-10-17(11-7-14)23-12-2-3-18(23)24/h4-11H,2-3,12,20H2,1H3,(H,22,25)/b21-13-. The molecule has 0 saturated carbocycles. The van der Waals surface area contributed by atoms with Crippen LogP contribution in [-0.2, 0) is 4.79 Å². The van der Waals surface area contributed by atoms with Crippen LogP contribution >= 0.6 is 0 Å². The highest BCUT2D eigenvalue weighted by Crippen LogP contribution is 2.21. The second-order valence-corrected chi connectivity index (χ2v) is 5.96. The van der Waals surface area contributed by atoms with Crippen LogP contribution in [0.25, 0.3) is 0 Å². The van der Waals surface area contributed by atoms with Crippen LogP contribution in [0.1, 0.15) is 35.7 Å². The van der Waals surface area contributed by atoms with E-state index in [2.05, 4.69) is 10.5 Å². The number of hydrogen-bond acceptors (Lipinski definition) is 4. The van der Waals surface area contributed by atoms with Gasteiger partial charge in [-0.05, 0) is 55.3 Å². The van der Waals surface area contributed by atoms with E-state index in [1.165, 1.54) is 0 Å². The van der Waals surface area contributed by atoms with Crippen LogP contribution in [0.2, 0.25) is 0 Å². The first-order chi connectivity index (χ1) is 12.0. The second kappa shape index (κ2) is 7.17. The highest BCUT2D eigenvalue weighted by atomic mass is 16.2. The molecular formula is C19H20N4O2. The van der Waals surface area contributed by atoms with Crippen LogP contribution in [0.3, 0.4) is 0 Å². The highest BCUT2D eigenvalue weighted by molar-refractivity contribution is 6.01. The molecule has 1 aliphatic rings. The number of anilines is 2. The van der Waals surface area contributed by atoms with Crippen LogP contribution in [0, 0.1) is 0 Å². The lowest BCUT2D eigenvalue weighted by Crippen LogP contribution is -2.23. The van der Waals surface area contributed by atoms with Gasteiger partial charge in [-0.15, -0.1) is 0 Å². The summed E-state index contributed by atoms with van der Waals surface area (Å²) in [4.78, 5) is 25.6. The number of nitrogens with one attached hydrogen (secondary N) is 1. The van der Waals surface area contributed by atoms with Gasteiger partial charge in [-0.1, -0.05) is 12.1 Å². The summed E-state index contributed by atoms with van der Waals surface area (Å²) < 4.78 is 0. The predicted molar refractivity (Wildman–Crippen MR) is 98.6 cm³/mol. The molecular weight excluding hydrogens is 316 g/mol. The lowest BCUT2D eigenvalue weighted by atomic mass is 10.1. The number of amides is 2. The Morgan fingerprint density at radius 3 is 2.32 bits per heavy atom. The molecule has 2 aromatic carbocycles. The molecule has 128 valence electrons. The Hall–Kier alpha value is -3.15. The molecule has 6 nitrogen and oxygen atoms in total. The minimum atomic E-state index is -0.293. The monoisotopic (exact) mass is 336 g/mol. The molecule has 1 aliphatic heterocycles. The molecule has 0 aliphatic carbocycles. The number of hydrazone groups is 1. The molecule has 0 radical (unpaired) electrons. The van der Waals surface area contributed by atoms with Crippen molar-refractivity contribution in [3.05, 3.63) is 59.7 Å². The minimum Gasteiger partial charge on any atom is -0.399 e. The fourth-order valence-corrected chi connectivity index (χ4v) is 2.70. The third-order valence-corrected chi connectivity index (χ3v) is 4.17. The quantitative estimate of drug-likeness (QED) is 0.511. The third kappa shape index (κ3) is 3.85. The van der Waals surface area contributed by atoms with E-state index >= 15 is 0 Å². The van der Waals surface area contributed by atoms with Crippen LogP contribution in [-0.4, -0.2) is 24.1 Å². The van der Waals surface area contributed by atoms with E-state index in [1.54, 1.807) is 29.2 Å². The number of hydrogen-bond donors (Lipinski definition) is 2. The van der Waals surface area contributed by atoms with Crippen molar-refractivity contribution in [3.8, 4) is 0 Å². The highest BCUT2D eigenvalue weighted by Gasteiger charge is 2.21. The summed E-state index contributed by atoms with van der Waals surface area (Å²) in [7, 11) is 0. The average molecular weight is 336 g/mol. The van der Waals surface area contributed by atoms with Crippen molar-refractivity contribution in [2.24, 2.45) is 5.10 Å². The van der Waals surface area contributed by atoms with Gasteiger partial charge in [0, 0.05) is 29.9 Å². The first-order valence-electron chi connectivity index (χ1n) is 8.15. The summed E-state index contributed by atoms with van der Waals surface area (Å²) in [6.07, 6.45) is 1.51. The van der Waals surface area contributed by atoms with Crippen molar-refractivity contribution in [1.82, 2.24) is 5.43 Å². The van der Waals surface area contributed by atoms with Crippen LogP contribution in [0.15, 0.2) is 53.6 Å². The molecule has 6 heteroatoms. The number of carbonyl (C=O) groups is 2. The van der Waals surface area contributed by atoms with Gasteiger partial charge in [0.2, 0.25) is 5.91 Å². The first kappa shape index (κ1) is 16.7. The van der Waals surface area contributed by atoms with Gasteiger partial charge in [0.25, 0.3) is 5.91 Å². The summed E-state index contributed by atoms with van der Waals surface area (Å²) in [6.45, 7) is 2.59. The van der Waals surface area contributed by atoms with Gasteiger partial charge in [0.15, 0.2) is 0 Å². The lowest BCUT2D eigenvalue weighted by Gasteiger charge is -2.15. The molecule has 0 spiro atoms. The Morgan fingerprint density at radius 2 is 1.72 bits per heavy atom. The molecule has 2 amide bonds. The summed E-state index contributed by atoms with van der Waals surface area (Å²) in [6, 6.07) is 14.2. The van der Waals surface area contributed by atoms with Crippen molar-refractivity contribution < 1.29 is 9.59 Å². The van der Waals surface area contributed by atoms with E-state index in [0.29, 0.717) is 23.4 Å². The molecule has 2 aromatic rings. The van der Waals surface area contributed by atoms with Crippen LogP contribution < -0.4 is 16.1 Å². The van der Waals surface area contributed by atoms with Crippen molar-refractivity contribution in [1.29, 1.82) is 0 Å². The van der Waals surface area contributed by atoms with Gasteiger partial charge in [0.1, 0.15) is 0 Å². The Morgan fingerprint density at radius 1 is 1.08 bits per heavy atom. The molecule has 3 N–H and O–H groups in total. The second-order valence-electron chi connectivity index (χ2n) is 5.96. The zero-order valence-electron chi connectivity index (χ0n) is 14.0. The Labute approximate surface area is 146 Å². The van der Waals surface area contributed by atoms with Crippen molar-refractivity contribution in [2.75, 3.05) is 17.2 Å². The molecule has 0 aromatic heterocycles. The van der Waals surface area contributed by atoms with Gasteiger partial charge in [-0.25, -0.2) is 5.43 Å². The van der Waals surface area contributed by atoms with Gasteiger partial charge in [0.05, 0.1) is 5.71 Å². The van der Waals surface area contributed by atoms with E-state index in [1.807, 2.05) is 31.2 Å². The van der Waals surface area contributed by atoms with E-state index < -0.39 is 0 Å². The van der Waals surface area contributed by atoms with Crippen molar-refractivity contribution >= 4 is 28.9 Å². The summed E-state index contributed by atoms with van der Waals surface area (Å²) >= 11 is 0. The maximum Gasteiger partial charge on any atom is 0.271 e. The number of benzene rings is 2. The molecule has 1 heterocycles. The SMILES string of the molecule is C/C(=N/NC(=O)c1ccc(N)cc1)c1ccc(N2CCCC2=O)cc1. The summed E-state index contributed by atoms with van der Waals surface area (Å²) in [5.74, 6) is -0.132. The summed E-state index contributed by atoms with van der Waals surface area (Å²) in [5.41, 5.74) is 11.7. The lowest BCUT2D eigenvalue weighted by molar-refractivity contribution is -0.117. The number of rotatable bonds is 4. The minimum absolute atomic E-state index is 0.161.